The molecule has 6 nitrogen and oxygen atoms in total. The van der Waals surface area contributed by atoms with Crippen LogP contribution in [0.5, 0.6) is 0 Å². The summed E-state index contributed by atoms with van der Waals surface area (Å²) in [6, 6.07) is 1.67. The highest BCUT2D eigenvalue weighted by Gasteiger charge is 2.22. The molecule has 0 bridgehead atoms. The number of amides is 1. The van der Waals surface area contributed by atoms with Crippen LogP contribution in [0.15, 0.2) is 24.7 Å². The summed E-state index contributed by atoms with van der Waals surface area (Å²) < 4.78 is 1.73. The van der Waals surface area contributed by atoms with Gasteiger partial charge >= 0.3 is 0 Å². The topological polar surface area (TPSA) is 71.3 Å². The van der Waals surface area contributed by atoms with Crippen LogP contribution in [0, 0.1) is 0 Å². The highest BCUT2D eigenvalue weighted by atomic mass is 16.2. The molecule has 0 spiro atoms. The van der Waals surface area contributed by atoms with Crippen molar-refractivity contribution in [1.29, 1.82) is 0 Å². The van der Waals surface area contributed by atoms with Crippen molar-refractivity contribution < 1.29 is 4.79 Å². The number of anilines is 1. The molecule has 0 saturated carbocycles. The number of nitrogens with zero attached hydrogens (tertiary/aromatic N) is 3. The van der Waals surface area contributed by atoms with E-state index in [4.69, 9.17) is 0 Å². The van der Waals surface area contributed by atoms with E-state index < -0.39 is 0 Å². The number of rotatable bonds is 2. The number of piperidine rings is 1. The summed E-state index contributed by atoms with van der Waals surface area (Å²) in [6.07, 6.45) is 6.99. The first kappa shape index (κ1) is 10.1. The van der Waals surface area contributed by atoms with Gasteiger partial charge in [-0.05, 0) is 18.9 Å². The van der Waals surface area contributed by atoms with Gasteiger partial charge in [-0.15, -0.1) is 0 Å². The summed E-state index contributed by atoms with van der Waals surface area (Å²) in [5, 5.41) is 10.1. The van der Waals surface area contributed by atoms with Crippen LogP contribution in [0.25, 0.3) is 5.52 Å². The molecule has 1 aliphatic rings. The molecule has 1 unspecified atom stereocenters. The third-order valence-corrected chi connectivity index (χ3v) is 2.92. The fourth-order valence-corrected chi connectivity index (χ4v) is 2.04. The Kier molecular flexibility index (Phi) is 2.40. The number of carbonyl (C=O) groups is 1. The van der Waals surface area contributed by atoms with Crippen molar-refractivity contribution in [2.45, 2.75) is 18.9 Å². The second-order valence-electron chi connectivity index (χ2n) is 4.07. The lowest BCUT2D eigenvalue weighted by Gasteiger charge is -2.23. The average Bonchev–Trinajstić information content (AvgIpc) is 2.81. The number of carbonyl (C=O) groups excluding carboxylic acids is 1. The minimum Gasteiger partial charge on any atom is -0.357 e. The van der Waals surface area contributed by atoms with Gasteiger partial charge < -0.3 is 10.6 Å². The predicted molar refractivity (Wildman–Crippen MR) is 62.6 cm³/mol. The molecule has 2 aromatic rings. The molecule has 1 fully saturated rings. The highest BCUT2D eigenvalue weighted by molar-refractivity contribution is 5.86. The van der Waals surface area contributed by atoms with E-state index in [0.717, 1.165) is 24.9 Å². The normalized spacial score (nSPS) is 20.2. The molecule has 1 amide bonds. The van der Waals surface area contributed by atoms with Gasteiger partial charge in [-0.3, -0.25) is 4.79 Å². The molecule has 3 heterocycles. The summed E-state index contributed by atoms with van der Waals surface area (Å²) in [4.78, 5) is 15.9. The first-order valence-electron chi connectivity index (χ1n) is 5.67. The van der Waals surface area contributed by atoms with Crippen LogP contribution in [-0.4, -0.2) is 33.1 Å². The minimum absolute atomic E-state index is 0.0413. The Morgan fingerprint density at radius 3 is 3.29 bits per heavy atom. The predicted octanol–water partition coefficient (Wildman–Crippen LogP) is 0.420. The molecule has 1 atom stereocenters. The summed E-state index contributed by atoms with van der Waals surface area (Å²) in [5.74, 6) is 0.742. The molecule has 1 saturated heterocycles. The SMILES string of the molecule is O=C1NCCCC1Nc1nccn2nccc12. The molecule has 88 valence electrons. The zero-order valence-corrected chi connectivity index (χ0v) is 9.26. The van der Waals surface area contributed by atoms with Gasteiger partial charge in [-0.25, -0.2) is 9.50 Å². The van der Waals surface area contributed by atoms with Crippen LogP contribution in [0.2, 0.25) is 0 Å². The van der Waals surface area contributed by atoms with E-state index in [1.165, 1.54) is 0 Å². The lowest BCUT2D eigenvalue weighted by Crippen LogP contribution is -2.44. The first-order chi connectivity index (χ1) is 8.34. The standard InChI is InChI=1S/C11H13N5O/c17-11-8(2-1-4-13-11)15-10-9-3-5-14-16(9)7-6-12-10/h3,5-8H,1-2,4H2,(H,12,15)(H,13,17). The van der Waals surface area contributed by atoms with E-state index in [2.05, 4.69) is 20.7 Å². The van der Waals surface area contributed by atoms with Gasteiger partial charge in [-0.1, -0.05) is 0 Å². The largest absolute Gasteiger partial charge is 0.357 e. The molecule has 2 aromatic heterocycles. The van der Waals surface area contributed by atoms with E-state index in [9.17, 15) is 4.79 Å². The number of fused-ring (bicyclic) bond motifs is 1. The van der Waals surface area contributed by atoms with Crippen molar-refractivity contribution in [3.8, 4) is 0 Å². The summed E-state index contributed by atoms with van der Waals surface area (Å²) >= 11 is 0. The zero-order chi connectivity index (χ0) is 11.7. The quantitative estimate of drug-likeness (QED) is 0.785. The number of hydrogen-bond donors (Lipinski definition) is 2. The van der Waals surface area contributed by atoms with Gasteiger partial charge in [0.15, 0.2) is 5.82 Å². The van der Waals surface area contributed by atoms with Gasteiger partial charge in [0.05, 0.1) is 6.20 Å². The molecule has 0 aromatic carbocycles. The summed E-state index contributed by atoms with van der Waals surface area (Å²) in [6.45, 7) is 0.765. The molecular weight excluding hydrogens is 218 g/mol. The van der Waals surface area contributed by atoms with E-state index in [1.54, 1.807) is 23.1 Å². The number of nitrogens with one attached hydrogen (secondary N) is 2. The third kappa shape index (κ3) is 1.82. The molecular formula is C11H13N5O. The van der Waals surface area contributed by atoms with E-state index >= 15 is 0 Å². The molecule has 1 aliphatic heterocycles. The van der Waals surface area contributed by atoms with E-state index in [-0.39, 0.29) is 11.9 Å². The first-order valence-corrected chi connectivity index (χ1v) is 5.67. The Hall–Kier alpha value is -2.11. The van der Waals surface area contributed by atoms with Crippen molar-refractivity contribution in [2.75, 3.05) is 11.9 Å². The smallest absolute Gasteiger partial charge is 0.242 e. The number of aromatic nitrogens is 3. The van der Waals surface area contributed by atoms with Crippen molar-refractivity contribution >= 4 is 17.2 Å². The molecule has 2 N–H and O–H groups in total. The van der Waals surface area contributed by atoms with Gasteiger partial charge in [0.1, 0.15) is 11.6 Å². The lowest BCUT2D eigenvalue weighted by molar-refractivity contribution is -0.123. The van der Waals surface area contributed by atoms with E-state index in [1.807, 2.05) is 6.07 Å². The fourth-order valence-electron chi connectivity index (χ4n) is 2.04. The fraction of sp³-hybridized carbons (Fsp3) is 0.364. The maximum absolute atomic E-state index is 11.6. The van der Waals surface area contributed by atoms with Crippen molar-refractivity contribution in [1.82, 2.24) is 19.9 Å². The van der Waals surface area contributed by atoms with E-state index in [0.29, 0.717) is 5.82 Å². The maximum atomic E-state index is 11.6. The zero-order valence-electron chi connectivity index (χ0n) is 9.26. The molecule has 3 rings (SSSR count). The Morgan fingerprint density at radius 2 is 2.41 bits per heavy atom. The molecule has 0 aliphatic carbocycles. The average molecular weight is 231 g/mol. The van der Waals surface area contributed by atoms with Crippen LogP contribution in [-0.2, 0) is 4.79 Å². The van der Waals surface area contributed by atoms with Crippen molar-refractivity contribution in [3.63, 3.8) is 0 Å². The molecule has 17 heavy (non-hydrogen) atoms. The minimum atomic E-state index is -0.197. The van der Waals surface area contributed by atoms with Crippen LogP contribution in [0.4, 0.5) is 5.82 Å². The lowest BCUT2D eigenvalue weighted by atomic mass is 10.1. The highest BCUT2D eigenvalue weighted by Crippen LogP contribution is 2.16. The van der Waals surface area contributed by atoms with Gasteiger partial charge in [0.2, 0.25) is 5.91 Å². The molecule has 6 heteroatoms. The Bertz CT molecular complexity index is 550. The second-order valence-corrected chi connectivity index (χ2v) is 4.07. The Morgan fingerprint density at radius 1 is 1.47 bits per heavy atom. The third-order valence-electron chi connectivity index (χ3n) is 2.92. The van der Waals surface area contributed by atoms with Crippen molar-refractivity contribution in [2.24, 2.45) is 0 Å². The van der Waals surface area contributed by atoms with Crippen LogP contribution in [0.3, 0.4) is 0 Å². The summed E-state index contributed by atoms with van der Waals surface area (Å²) in [7, 11) is 0. The summed E-state index contributed by atoms with van der Waals surface area (Å²) in [5.41, 5.74) is 0.880. The Balaban J connectivity index is 1.89. The second kappa shape index (κ2) is 4.04. The van der Waals surface area contributed by atoms with Gasteiger partial charge in [0, 0.05) is 18.9 Å². The maximum Gasteiger partial charge on any atom is 0.242 e. The van der Waals surface area contributed by atoms with Crippen LogP contribution < -0.4 is 10.6 Å². The van der Waals surface area contributed by atoms with Crippen LogP contribution in [0.1, 0.15) is 12.8 Å². The number of hydrogen-bond acceptors (Lipinski definition) is 4. The monoisotopic (exact) mass is 231 g/mol. The van der Waals surface area contributed by atoms with Gasteiger partial charge in [0.25, 0.3) is 0 Å². The Labute approximate surface area is 98.0 Å². The van der Waals surface area contributed by atoms with Gasteiger partial charge in [-0.2, -0.15) is 5.10 Å². The van der Waals surface area contributed by atoms with Crippen molar-refractivity contribution in [3.05, 3.63) is 24.7 Å². The molecule has 0 radical (unpaired) electrons. The van der Waals surface area contributed by atoms with Crippen LogP contribution >= 0.6 is 0 Å².